The number of carboxylic acids is 1. The Kier molecular flexibility index (Phi) is 7.06. The number of carboxylic acid groups (broad SMARTS) is 1. The van der Waals surface area contributed by atoms with Gasteiger partial charge in [0.05, 0.1) is 5.69 Å². The normalized spacial score (nSPS) is 11.2. The first-order valence-electron chi connectivity index (χ1n) is 8.52. The molecule has 3 aromatic rings. The van der Waals surface area contributed by atoms with E-state index in [0.717, 1.165) is 5.69 Å². The molecule has 1 aromatic heterocycles. The van der Waals surface area contributed by atoms with E-state index in [2.05, 4.69) is 25.8 Å². The van der Waals surface area contributed by atoms with Gasteiger partial charge in [-0.05, 0) is 35.7 Å². The van der Waals surface area contributed by atoms with Gasteiger partial charge in [-0.1, -0.05) is 62.2 Å². The van der Waals surface area contributed by atoms with Crippen molar-refractivity contribution in [1.29, 1.82) is 0 Å². The standard InChI is InChI=1S/C21H20Cl2N2O2.Li/c1-21(2,3)12-17-24-18(20(26)27)19(13-6-4-7-14(22)10-13)25(17)16-9-5-8-15(23)11-16;/h4-11H,12H2,1-3H3,(H,26,27);. The fourth-order valence-corrected chi connectivity index (χ4v) is 3.38. The summed E-state index contributed by atoms with van der Waals surface area (Å²) in [6.07, 6.45) is 0.598. The van der Waals surface area contributed by atoms with Crippen molar-refractivity contribution in [3.63, 3.8) is 0 Å². The van der Waals surface area contributed by atoms with Crippen molar-refractivity contribution in [1.82, 2.24) is 9.55 Å². The van der Waals surface area contributed by atoms with Gasteiger partial charge in [-0.15, -0.1) is 0 Å². The number of hydrogen-bond acceptors (Lipinski definition) is 2. The first-order valence-corrected chi connectivity index (χ1v) is 9.28. The molecular weight excluding hydrogens is 390 g/mol. The molecule has 28 heavy (non-hydrogen) atoms. The van der Waals surface area contributed by atoms with E-state index in [1.807, 2.05) is 22.8 Å². The van der Waals surface area contributed by atoms with Crippen LogP contribution in [0, 0.1) is 5.41 Å². The van der Waals surface area contributed by atoms with Crippen molar-refractivity contribution in [2.45, 2.75) is 27.2 Å². The Balaban J connectivity index is 0.00000280. The third kappa shape index (κ3) is 5.01. The average molecular weight is 410 g/mol. The summed E-state index contributed by atoms with van der Waals surface area (Å²) in [4.78, 5) is 16.5. The molecule has 0 unspecified atom stereocenters. The SMILES string of the molecule is CC(C)(C)Cc1nc(C(=O)O)c(-c2cccc(Cl)c2)n1-c1cccc(Cl)c1.[Li]. The smallest absolute Gasteiger partial charge is 0.356 e. The zero-order valence-electron chi connectivity index (χ0n) is 16.3. The monoisotopic (exact) mass is 409 g/mol. The Labute approximate surface area is 186 Å². The molecule has 0 aliphatic carbocycles. The molecular formula is C21H20Cl2LiN2O2. The van der Waals surface area contributed by atoms with Crippen LogP contribution >= 0.6 is 23.2 Å². The number of imidazole rings is 1. The largest absolute Gasteiger partial charge is 0.476 e. The summed E-state index contributed by atoms with van der Waals surface area (Å²) in [5.41, 5.74) is 1.86. The number of benzene rings is 2. The number of aromatic nitrogens is 2. The molecule has 0 saturated heterocycles. The second kappa shape index (κ2) is 8.76. The summed E-state index contributed by atoms with van der Waals surface area (Å²) in [6.45, 7) is 6.26. The number of nitrogens with zero attached hydrogens (tertiary/aromatic N) is 2. The predicted octanol–water partition coefficient (Wildman–Crippen LogP) is 5.75. The summed E-state index contributed by atoms with van der Waals surface area (Å²) in [5, 5.41) is 10.9. The van der Waals surface area contributed by atoms with E-state index in [4.69, 9.17) is 23.2 Å². The molecule has 0 fully saturated rings. The molecule has 1 N–H and O–H groups in total. The van der Waals surface area contributed by atoms with E-state index in [1.54, 1.807) is 30.3 Å². The van der Waals surface area contributed by atoms with Gasteiger partial charge >= 0.3 is 5.97 Å². The van der Waals surface area contributed by atoms with E-state index in [-0.39, 0.29) is 30.0 Å². The second-order valence-corrected chi connectivity index (χ2v) is 8.47. The van der Waals surface area contributed by atoms with Gasteiger partial charge in [0.15, 0.2) is 5.69 Å². The van der Waals surface area contributed by atoms with Crippen LogP contribution in [0.3, 0.4) is 0 Å². The topological polar surface area (TPSA) is 55.1 Å². The minimum Gasteiger partial charge on any atom is -0.476 e. The van der Waals surface area contributed by atoms with Gasteiger partial charge in [-0.2, -0.15) is 0 Å². The van der Waals surface area contributed by atoms with Crippen molar-refractivity contribution >= 4 is 48.0 Å². The van der Waals surface area contributed by atoms with Crippen LogP contribution in [0.2, 0.25) is 10.0 Å². The molecule has 4 nitrogen and oxygen atoms in total. The Morgan fingerprint density at radius 1 is 1.07 bits per heavy atom. The minimum absolute atomic E-state index is 0. The van der Waals surface area contributed by atoms with Crippen LogP contribution in [0.1, 0.15) is 37.1 Å². The Morgan fingerprint density at radius 3 is 2.21 bits per heavy atom. The minimum atomic E-state index is -1.08. The first kappa shape index (κ1) is 22.6. The third-order valence-corrected chi connectivity index (χ3v) is 4.47. The Hall–Kier alpha value is -1.70. The van der Waals surface area contributed by atoms with E-state index in [1.165, 1.54) is 0 Å². The van der Waals surface area contributed by atoms with Gasteiger partial charge < -0.3 is 5.11 Å². The van der Waals surface area contributed by atoms with Gasteiger partial charge in [0.2, 0.25) is 0 Å². The van der Waals surface area contributed by atoms with Gasteiger partial charge in [-0.25, -0.2) is 9.78 Å². The van der Waals surface area contributed by atoms with Crippen LogP contribution in [0.4, 0.5) is 0 Å². The van der Waals surface area contributed by atoms with Crippen LogP contribution in [-0.4, -0.2) is 39.5 Å². The molecule has 1 heterocycles. The first-order chi connectivity index (χ1) is 12.7. The summed E-state index contributed by atoms with van der Waals surface area (Å²) >= 11 is 12.4. The third-order valence-electron chi connectivity index (χ3n) is 4.00. The van der Waals surface area contributed by atoms with Crippen LogP contribution in [-0.2, 0) is 6.42 Å². The molecule has 1 radical (unpaired) electrons. The van der Waals surface area contributed by atoms with Crippen LogP contribution in [0.25, 0.3) is 16.9 Å². The van der Waals surface area contributed by atoms with Crippen molar-refractivity contribution in [3.8, 4) is 16.9 Å². The molecule has 0 aliphatic heterocycles. The van der Waals surface area contributed by atoms with Gasteiger partial charge in [-0.3, -0.25) is 4.57 Å². The zero-order chi connectivity index (χ0) is 19.8. The van der Waals surface area contributed by atoms with Gasteiger partial charge in [0, 0.05) is 46.6 Å². The maximum Gasteiger partial charge on any atom is 0.356 e. The molecule has 0 spiro atoms. The average Bonchev–Trinajstić information content (AvgIpc) is 2.92. The summed E-state index contributed by atoms with van der Waals surface area (Å²) in [6, 6.07) is 14.4. The molecule has 0 saturated carbocycles. The molecule has 3 rings (SSSR count). The molecule has 141 valence electrons. The summed E-state index contributed by atoms with van der Waals surface area (Å²) < 4.78 is 1.87. The maximum absolute atomic E-state index is 12.0. The molecule has 7 heteroatoms. The fourth-order valence-electron chi connectivity index (χ4n) is 3.00. The Bertz CT molecular complexity index is 1010. The quantitative estimate of drug-likeness (QED) is 0.557. The maximum atomic E-state index is 12.0. The zero-order valence-corrected chi connectivity index (χ0v) is 17.8. The Morgan fingerprint density at radius 2 is 1.68 bits per heavy atom. The van der Waals surface area contributed by atoms with E-state index >= 15 is 0 Å². The number of aromatic carboxylic acids is 1. The number of halogens is 2. The van der Waals surface area contributed by atoms with E-state index < -0.39 is 5.97 Å². The van der Waals surface area contributed by atoms with Crippen LogP contribution in [0.5, 0.6) is 0 Å². The van der Waals surface area contributed by atoms with Gasteiger partial charge in [0.1, 0.15) is 5.82 Å². The van der Waals surface area contributed by atoms with E-state index in [9.17, 15) is 9.90 Å². The predicted molar refractivity (Wildman–Crippen MR) is 115 cm³/mol. The molecule has 0 aliphatic rings. The van der Waals surface area contributed by atoms with Crippen LogP contribution < -0.4 is 0 Å². The van der Waals surface area contributed by atoms with Crippen LogP contribution in [0.15, 0.2) is 48.5 Å². The van der Waals surface area contributed by atoms with Crippen molar-refractivity contribution < 1.29 is 9.90 Å². The summed E-state index contributed by atoms with van der Waals surface area (Å²) in [5.74, 6) is -0.418. The molecule has 0 amide bonds. The molecule has 0 bridgehead atoms. The number of carbonyl (C=O) groups is 1. The van der Waals surface area contributed by atoms with Crippen molar-refractivity contribution in [2.75, 3.05) is 0 Å². The number of rotatable bonds is 4. The van der Waals surface area contributed by atoms with Crippen molar-refractivity contribution in [3.05, 3.63) is 70.1 Å². The van der Waals surface area contributed by atoms with E-state index in [0.29, 0.717) is 33.5 Å². The fraction of sp³-hybridized carbons (Fsp3) is 0.238. The second-order valence-electron chi connectivity index (χ2n) is 7.59. The number of hydrogen-bond donors (Lipinski definition) is 1. The molecule has 2 aromatic carbocycles. The van der Waals surface area contributed by atoms with Crippen molar-refractivity contribution in [2.24, 2.45) is 5.41 Å². The summed E-state index contributed by atoms with van der Waals surface area (Å²) in [7, 11) is 0. The van der Waals surface area contributed by atoms with Gasteiger partial charge in [0.25, 0.3) is 0 Å². The molecule has 0 atom stereocenters.